The Kier molecular flexibility index (Phi) is 6.10. The number of hydrogen-bond donors (Lipinski definition) is 2. The van der Waals surface area contributed by atoms with Crippen LogP contribution in [0.15, 0.2) is 94.3 Å². The van der Waals surface area contributed by atoms with Crippen LogP contribution in [-0.2, 0) is 0 Å². The van der Waals surface area contributed by atoms with Crippen LogP contribution >= 0.6 is 11.6 Å². The molecule has 0 radical (unpaired) electrons. The van der Waals surface area contributed by atoms with Crippen LogP contribution in [0.2, 0.25) is 5.02 Å². The van der Waals surface area contributed by atoms with Gasteiger partial charge in [-0.05, 0) is 49.4 Å². The van der Waals surface area contributed by atoms with E-state index in [-0.39, 0.29) is 17.1 Å². The highest BCUT2D eigenvalue weighted by Crippen LogP contribution is 2.31. The molecule has 0 bridgehead atoms. The van der Waals surface area contributed by atoms with Crippen LogP contribution in [0.1, 0.15) is 26.6 Å². The topological polar surface area (TPSA) is 106 Å². The largest absolute Gasteiger partial charge is 0.449 e. The Balaban J connectivity index is 1.50. The van der Waals surface area contributed by atoms with Gasteiger partial charge in [-0.15, -0.1) is 0 Å². The molecule has 8 nitrogen and oxygen atoms in total. The lowest BCUT2D eigenvalue weighted by Gasteiger charge is -2.09. The fourth-order valence-corrected chi connectivity index (χ4v) is 3.84. The van der Waals surface area contributed by atoms with Crippen LogP contribution in [0.4, 0.5) is 11.4 Å². The SMILES string of the molecule is Cc1ccc(NC(=O)c2oc3ccccc3c2NC(=O)c2nn(-c3cccc(Cl)c3)ccc2=O)cc1. The number of hydrogen-bond acceptors (Lipinski definition) is 5. The second kappa shape index (κ2) is 9.52. The molecule has 2 heterocycles. The molecule has 0 aliphatic heterocycles. The molecule has 0 saturated carbocycles. The molecule has 36 heavy (non-hydrogen) atoms. The first-order chi connectivity index (χ1) is 17.4. The summed E-state index contributed by atoms with van der Waals surface area (Å²) in [5.74, 6) is -1.44. The summed E-state index contributed by atoms with van der Waals surface area (Å²) in [5, 5.41) is 10.6. The van der Waals surface area contributed by atoms with Crippen molar-refractivity contribution in [1.82, 2.24) is 9.78 Å². The minimum Gasteiger partial charge on any atom is -0.449 e. The van der Waals surface area contributed by atoms with Crippen molar-refractivity contribution < 1.29 is 14.0 Å². The van der Waals surface area contributed by atoms with E-state index in [1.807, 2.05) is 19.1 Å². The van der Waals surface area contributed by atoms with Crippen molar-refractivity contribution in [3.05, 3.63) is 117 Å². The molecule has 5 aromatic rings. The molecular formula is C27H19ClN4O4. The number of benzene rings is 3. The van der Waals surface area contributed by atoms with Gasteiger partial charge in [-0.3, -0.25) is 14.4 Å². The van der Waals surface area contributed by atoms with Crippen molar-refractivity contribution in [3.63, 3.8) is 0 Å². The molecule has 0 aliphatic rings. The number of furan rings is 1. The zero-order valence-corrected chi connectivity index (χ0v) is 19.7. The van der Waals surface area contributed by atoms with E-state index in [2.05, 4.69) is 15.7 Å². The van der Waals surface area contributed by atoms with Gasteiger partial charge in [0.1, 0.15) is 11.3 Å². The summed E-state index contributed by atoms with van der Waals surface area (Å²) in [5.41, 5.74) is 1.79. The minimum atomic E-state index is -0.785. The Morgan fingerprint density at radius 1 is 0.917 bits per heavy atom. The third-order valence-electron chi connectivity index (χ3n) is 5.45. The maximum atomic E-state index is 13.2. The number of nitrogens with zero attached hydrogens (tertiary/aromatic N) is 2. The highest BCUT2D eigenvalue weighted by molar-refractivity contribution is 6.30. The van der Waals surface area contributed by atoms with Crippen LogP contribution < -0.4 is 16.1 Å². The number of carbonyl (C=O) groups is 2. The predicted molar refractivity (Wildman–Crippen MR) is 138 cm³/mol. The van der Waals surface area contributed by atoms with Crippen molar-refractivity contribution in [2.75, 3.05) is 10.6 Å². The van der Waals surface area contributed by atoms with Crippen molar-refractivity contribution in [1.29, 1.82) is 0 Å². The van der Waals surface area contributed by atoms with Gasteiger partial charge in [-0.2, -0.15) is 5.10 Å². The molecule has 2 N–H and O–H groups in total. The first kappa shape index (κ1) is 23.1. The van der Waals surface area contributed by atoms with Crippen molar-refractivity contribution >= 4 is 45.8 Å². The Morgan fingerprint density at radius 2 is 1.69 bits per heavy atom. The number of aromatic nitrogens is 2. The van der Waals surface area contributed by atoms with Crippen molar-refractivity contribution in [2.45, 2.75) is 6.92 Å². The zero-order valence-electron chi connectivity index (χ0n) is 19.0. The smallest absolute Gasteiger partial charge is 0.293 e. The normalized spacial score (nSPS) is 10.8. The summed E-state index contributed by atoms with van der Waals surface area (Å²) in [7, 11) is 0. The number of carbonyl (C=O) groups excluding carboxylic acids is 2. The van der Waals surface area contributed by atoms with Gasteiger partial charge in [0.15, 0.2) is 5.69 Å². The molecule has 2 amide bonds. The van der Waals surface area contributed by atoms with E-state index in [4.69, 9.17) is 16.0 Å². The average molecular weight is 499 g/mol. The van der Waals surface area contributed by atoms with E-state index in [0.717, 1.165) is 5.56 Å². The Hall–Kier alpha value is -4.69. The lowest BCUT2D eigenvalue weighted by Crippen LogP contribution is -2.26. The van der Waals surface area contributed by atoms with Crippen molar-refractivity contribution in [2.24, 2.45) is 0 Å². The molecule has 0 atom stereocenters. The van der Waals surface area contributed by atoms with Gasteiger partial charge in [-0.1, -0.05) is 47.5 Å². The molecule has 0 saturated heterocycles. The summed E-state index contributed by atoms with van der Waals surface area (Å²) in [4.78, 5) is 38.8. The lowest BCUT2D eigenvalue weighted by molar-refractivity contribution is 0.0999. The fraction of sp³-hybridized carbons (Fsp3) is 0.0370. The Bertz CT molecular complexity index is 1670. The summed E-state index contributed by atoms with van der Waals surface area (Å²) < 4.78 is 7.16. The molecule has 2 aromatic heterocycles. The number of aryl methyl sites for hydroxylation is 1. The standard InChI is InChI=1S/C27H19ClN4O4/c1-16-9-11-18(12-10-16)29-27(35)25-23(20-7-2-3-8-22(20)36-25)30-26(34)24-21(33)13-14-32(31-24)19-6-4-5-17(28)15-19/h2-15H,1H3,(H,29,35)(H,30,34). The number of para-hydroxylation sites is 1. The molecule has 0 unspecified atom stereocenters. The molecule has 0 aliphatic carbocycles. The highest BCUT2D eigenvalue weighted by Gasteiger charge is 2.24. The van der Waals surface area contributed by atoms with Gasteiger partial charge in [0.05, 0.1) is 5.69 Å². The number of amides is 2. The van der Waals surface area contributed by atoms with E-state index in [9.17, 15) is 14.4 Å². The molecular weight excluding hydrogens is 480 g/mol. The molecule has 3 aromatic carbocycles. The van der Waals surface area contributed by atoms with Gasteiger partial charge in [-0.25, -0.2) is 4.68 Å². The average Bonchev–Trinajstić information content (AvgIpc) is 3.24. The molecule has 0 fully saturated rings. The van der Waals surface area contributed by atoms with E-state index in [1.54, 1.807) is 60.7 Å². The summed E-state index contributed by atoms with van der Waals surface area (Å²) in [6.07, 6.45) is 1.44. The second-order valence-electron chi connectivity index (χ2n) is 8.03. The van der Waals surface area contributed by atoms with E-state index in [1.165, 1.54) is 16.9 Å². The number of nitrogens with one attached hydrogen (secondary N) is 2. The second-order valence-corrected chi connectivity index (χ2v) is 8.47. The minimum absolute atomic E-state index is 0.101. The van der Waals surface area contributed by atoms with Crippen LogP contribution in [0.25, 0.3) is 16.7 Å². The molecule has 0 spiro atoms. The monoisotopic (exact) mass is 498 g/mol. The third kappa shape index (κ3) is 4.62. The maximum Gasteiger partial charge on any atom is 0.293 e. The fourth-order valence-electron chi connectivity index (χ4n) is 3.65. The summed E-state index contributed by atoms with van der Waals surface area (Å²) >= 11 is 6.06. The number of anilines is 2. The van der Waals surface area contributed by atoms with Gasteiger partial charge in [0, 0.05) is 28.4 Å². The highest BCUT2D eigenvalue weighted by atomic mass is 35.5. The van der Waals surface area contributed by atoms with Crippen LogP contribution in [0.5, 0.6) is 0 Å². The summed E-state index contributed by atoms with van der Waals surface area (Å²) in [6, 6.07) is 22.2. The molecule has 9 heteroatoms. The quantitative estimate of drug-likeness (QED) is 0.335. The van der Waals surface area contributed by atoms with Crippen molar-refractivity contribution in [3.8, 4) is 5.69 Å². The van der Waals surface area contributed by atoms with Gasteiger partial charge in [0.25, 0.3) is 11.8 Å². The van der Waals surface area contributed by atoms with Gasteiger partial charge >= 0.3 is 0 Å². The zero-order chi connectivity index (χ0) is 25.2. The number of fused-ring (bicyclic) bond motifs is 1. The van der Waals surface area contributed by atoms with Gasteiger partial charge < -0.3 is 15.1 Å². The van der Waals surface area contributed by atoms with E-state index >= 15 is 0 Å². The first-order valence-corrected chi connectivity index (χ1v) is 11.3. The number of halogens is 1. The van der Waals surface area contributed by atoms with E-state index < -0.39 is 17.2 Å². The molecule has 178 valence electrons. The maximum absolute atomic E-state index is 13.2. The van der Waals surface area contributed by atoms with Crippen LogP contribution in [-0.4, -0.2) is 21.6 Å². The third-order valence-corrected chi connectivity index (χ3v) is 5.68. The Morgan fingerprint density at radius 3 is 2.47 bits per heavy atom. The van der Waals surface area contributed by atoms with Gasteiger partial charge in [0.2, 0.25) is 11.2 Å². The predicted octanol–water partition coefficient (Wildman–Crippen LogP) is 5.45. The van der Waals surface area contributed by atoms with E-state index in [0.29, 0.717) is 27.4 Å². The molecule has 5 rings (SSSR count). The Labute approximate surface area is 210 Å². The first-order valence-electron chi connectivity index (χ1n) is 11.0. The lowest BCUT2D eigenvalue weighted by atomic mass is 10.2. The summed E-state index contributed by atoms with van der Waals surface area (Å²) in [6.45, 7) is 1.94. The number of rotatable bonds is 5. The van der Waals surface area contributed by atoms with Crippen LogP contribution in [0.3, 0.4) is 0 Å². The van der Waals surface area contributed by atoms with Crippen LogP contribution in [0, 0.1) is 6.92 Å².